The van der Waals surface area contributed by atoms with Gasteiger partial charge >= 0.3 is 0 Å². The molecule has 2 atom stereocenters. The Morgan fingerprint density at radius 2 is 2.40 bits per heavy atom. The molecule has 4 heteroatoms. The Bertz CT molecular complexity index is 301. The van der Waals surface area contributed by atoms with E-state index in [1.54, 1.807) is 12.4 Å². The second-order valence-corrected chi connectivity index (χ2v) is 4.20. The number of hydrogen-bond donors (Lipinski definition) is 1. The van der Waals surface area contributed by atoms with Crippen LogP contribution in [0, 0.1) is 0 Å². The van der Waals surface area contributed by atoms with Gasteiger partial charge < -0.3 is 5.73 Å². The molecule has 1 saturated heterocycles. The van der Waals surface area contributed by atoms with Gasteiger partial charge in [-0.2, -0.15) is 0 Å². The summed E-state index contributed by atoms with van der Waals surface area (Å²) in [5.41, 5.74) is 7.00. The lowest BCUT2D eigenvalue weighted by atomic mass is 10.0. The molecule has 2 N–H and O–H groups in total. The summed E-state index contributed by atoms with van der Waals surface area (Å²) in [4.78, 5) is 10.8. The zero-order valence-electron chi connectivity index (χ0n) is 9.13. The molecule has 0 saturated carbocycles. The highest BCUT2D eigenvalue weighted by molar-refractivity contribution is 5.02. The summed E-state index contributed by atoms with van der Waals surface area (Å²) in [7, 11) is 0. The average Bonchev–Trinajstić information content (AvgIpc) is 2.29. The molecule has 15 heavy (non-hydrogen) atoms. The Hall–Kier alpha value is -1.00. The van der Waals surface area contributed by atoms with Crippen LogP contribution < -0.4 is 5.73 Å². The van der Waals surface area contributed by atoms with Gasteiger partial charge in [0.2, 0.25) is 0 Å². The number of nitrogens with zero attached hydrogens (tertiary/aromatic N) is 3. The molecule has 4 nitrogen and oxygen atoms in total. The zero-order chi connectivity index (χ0) is 10.7. The highest BCUT2D eigenvalue weighted by atomic mass is 15.2. The summed E-state index contributed by atoms with van der Waals surface area (Å²) in [5, 5.41) is 0. The van der Waals surface area contributed by atoms with Gasteiger partial charge in [0.05, 0.1) is 11.7 Å². The Morgan fingerprint density at radius 3 is 3.07 bits per heavy atom. The highest BCUT2D eigenvalue weighted by Crippen LogP contribution is 2.21. The normalized spacial score (nSPS) is 25.1. The van der Waals surface area contributed by atoms with E-state index in [4.69, 9.17) is 5.73 Å². The van der Waals surface area contributed by atoms with Crippen LogP contribution in [0.25, 0.3) is 0 Å². The Balaban J connectivity index is 2.04. The molecule has 82 valence electrons. The number of rotatable bonds is 2. The van der Waals surface area contributed by atoms with Gasteiger partial charge in [0.25, 0.3) is 0 Å². The lowest BCUT2D eigenvalue weighted by molar-refractivity contribution is 0.157. The van der Waals surface area contributed by atoms with Gasteiger partial charge in [0.1, 0.15) is 0 Å². The van der Waals surface area contributed by atoms with E-state index in [0.29, 0.717) is 12.1 Å². The summed E-state index contributed by atoms with van der Waals surface area (Å²) in [6.45, 7) is 4.26. The topological polar surface area (TPSA) is 55.0 Å². The third kappa shape index (κ3) is 2.52. The highest BCUT2D eigenvalue weighted by Gasteiger charge is 2.22. The molecule has 0 radical (unpaired) electrons. The van der Waals surface area contributed by atoms with Crippen molar-refractivity contribution in [3.05, 3.63) is 24.3 Å². The molecule has 1 aromatic rings. The van der Waals surface area contributed by atoms with Crippen LogP contribution in [0.4, 0.5) is 0 Å². The molecule has 0 aliphatic carbocycles. The van der Waals surface area contributed by atoms with Crippen molar-refractivity contribution in [1.29, 1.82) is 0 Å². The largest absolute Gasteiger partial charge is 0.327 e. The quantitative estimate of drug-likeness (QED) is 0.783. The molecule has 0 aromatic carbocycles. The second-order valence-electron chi connectivity index (χ2n) is 4.20. The van der Waals surface area contributed by atoms with E-state index in [0.717, 1.165) is 25.2 Å². The molecule has 1 aliphatic heterocycles. The van der Waals surface area contributed by atoms with Crippen LogP contribution in [0.1, 0.15) is 31.5 Å². The molecule has 1 fully saturated rings. The minimum Gasteiger partial charge on any atom is -0.327 e. The fourth-order valence-electron chi connectivity index (χ4n) is 2.11. The maximum atomic E-state index is 5.96. The predicted octanol–water partition coefficient (Wildman–Crippen LogP) is 0.961. The number of piperidine rings is 1. The first-order valence-electron chi connectivity index (χ1n) is 5.53. The SMILES string of the molecule is C[C@H](c1cnccn1)N1CCC[C@@H](N)C1. The van der Waals surface area contributed by atoms with Gasteiger partial charge in [-0.1, -0.05) is 0 Å². The summed E-state index contributed by atoms with van der Waals surface area (Å²) in [5.74, 6) is 0. The van der Waals surface area contributed by atoms with E-state index in [1.165, 1.54) is 6.42 Å². The maximum absolute atomic E-state index is 5.96. The van der Waals surface area contributed by atoms with Crippen molar-refractivity contribution < 1.29 is 0 Å². The molecule has 1 aromatic heterocycles. The van der Waals surface area contributed by atoms with Crippen molar-refractivity contribution in [1.82, 2.24) is 14.9 Å². The Morgan fingerprint density at radius 1 is 1.53 bits per heavy atom. The molecule has 2 heterocycles. The number of nitrogens with two attached hydrogens (primary N) is 1. The maximum Gasteiger partial charge on any atom is 0.0755 e. The molecular weight excluding hydrogens is 188 g/mol. The van der Waals surface area contributed by atoms with E-state index >= 15 is 0 Å². The first-order chi connectivity index (χ1) is 7.27. The molecule has 0 amide bonds. The van der Waals surface area contributed by atoms with Crippen LogP contribution in [0.5, 0.6) is 0 Å². The van der Waals surface area contributed by atoms with E-state index in [9.17, 15) is 0 Å². The number of aromatic nitrogens is 2. The third-order valence-electron chi connectivity index (χ3n) is 3.05. The van der Waals surface area contributed by atoms with Gasteiger partial charge in [0, 0.05) is 31.2 Å². The van der Waals surface area contributed by atoms with Crippen LogP contribution in [0.2, 0.25) is 0 Å². The van der Waals surface area contributed by atoms with Gasteiger partial charge in [0.15, 0.2) is 0 Å². The molecule has 1 aliphatic rings. The summed E-state index contributed by atoms with van der Waals surface area (Å²) >= 11 is 0. The molecule has 2 rings (SSSR count). The van der Waals surface area contributed by atoms with Crippen molar-refractivity contribution in [2.75, 3.05) is 13.1 Å². The van der Waals surface area contributed by atoms with Gasteiger partial charge in [-0.25, -0.2) is 0 Å². The fraction of sp³-hybridized carbons (Fsp3) is 0.636. The molecule has 0 unspecified atom stereocenters. The molecule has 0 spiro atoms. The summed E-state index contributed by atoms with van der Waals surface area (Å²) < 4.78 is 0. The third-order valence-corrected chi connectivity index (χ3v) is 3.05. The van der Waals surface area contributed by atoms with Gasteiger partial charge in [-0.05, 0) is 26.3 Å². The van der Waals surface area contributed by atoms with E-state index in [-0.39, 0.29) is 0 Å². The minimum atomic E-state index is 0.317. The smallest absolute Gasteiger partial charge is 0.0755 e. The summed E-state index contributed by atoms with van der Waals surface area (Å²) in [6, 6.07) is 0.642. The van der Waals surface area contributed by atoms with Gasteiger partial charge in [-0.15, -0.1) is 0 Å². The van der Waals surface area contributed by atoms with Crippen LogP contribution >= 0.6 is 0 Å². The van der Waals surface area contributed by atoms with Crippen molar-refractivity contribution in [3.8, 4) is 0 Å². The predicted molar refractivity (Wildman–Crippen MR) is 59.2 cm³/mol. The van der Waals surface area contributed by atoms with Crippen molar-refractivity contribution in [2.24, 2.45) is 5.73 Å². The molecule has 0 bridgehead atoms. The number of likely N-dealkylation sites (tertiary alicyclic amines) is 1. The summed E-state index contributed by atoms with van der Waals surface area (Å²) in [6.07, 6.45) is 7.62. The van der Waals surface area contributed by atoms with Gasteiger partial charge in [-0.3, -0.25) is 14.9 Å². The van der Waals surface area contributed by atoms with Crippen LogP contribution in [0.3, 0.4) is 0 Å². The van der Waals surface area contributed by atoms with Crippen molar-refractivity contribution in [3.63, 3.8) is 0 Å². The first kappa shape index (κ1) is 10.5. The minimum absolute atomic E-state index is 0.317. The number of hydrogen-bond acceptors (Lipinski definition) is 4. The Kier molecular flexibility index (Phi) is 3.28. The Labute approximate surface area is 90.5 Å². The van der Waals surface area contributed by atoms with E-state index < -0.39 is 0 Å². The van der Waals surface area contributed by atoms with Crippen molar-refractivity contribution in [2.45, 2.75) is 31.8 Å². The lowest BCUT2D eigenvalue weighted by Gasteiger charge is -2.34. The average molecular weight is 206 g/mol. The van der Waals surface area contributed by atoms with Crippen molar-refractivity contribution >= 4 is 0 Å². The monoisotopic (exact) mass is 206 g/mol. The second kappa shape index (κ2) is 4.68. The zero-order valence-corrected chi connectivity index (χ0v) is 9.13. The fourth-order valence-corrected chi connectivity index (χ4v) is 2.11. The van der Waals surface area contributed by atoms with Crippen LogP contribution in [-0.2, 0) is 0 Å². The van der Waals surface area contributed by atoms with Crippen LogP contribution in [-0.4, -0.2) is 34.0 Å². The molecular formula is C11H18N4. The van der Waals surface area contributed by atoms with E-state index in [1.807, 2.05) is 6.20 Å². The van der Waals surface area contributed by atoms with E-state index in [2.05, 4.69) is 21.8 Å². The van der Waals surface area contributed by atoms with Crippen LogP contribution in [0.15, 0.2) is 18.6 Å². The standard InChI is InChI=1S/C11H18N4/c1-9(11-7-13-4-5-14-11)15-6-2-3-10(12)8-15/h4-5,7,9-10H,2-3,6,8,12H2,1H3/t9-,10-/m1/s1. The first-order valence-corrected chi connectivity index (χ1v) is 5.53. The lowest BCUT2D eigenvalue weighted by Crippen LogP contribution is -2.43.